The van der Waals surface area contributed by atoms with Gasteiger partial charge in [0, 0.05) is 26.1 Å². The Kier molecular flexibility index (Phi) is 4.91. The summed E-state index contributed by atoms with van der Waals surface area (Å²) in [7, 11) is 1.69. The molecule has 1 aromatic rings. The van der Waals surface area contributed by atoms with Gasteiger partial charge in [-0.2, -0.15) is 5.10 Å². The van der Waals surface area contributed by atoms with Crippen molar-refractivity contribution in [2.75, 3.05) is 13.6 Å². The summed E-state index contributed by atoms with van der Waals surface area (Å²) in [6.45, 7) is 6.59. The van der Waals surface area contributed by atoms with Crippen molar-refractivity contribution in [3.8, 4) is 0 Å². The molecule has 0 radical (unpaired) electrons. The fourth-order valence-electron chi connectivity index (χ4n) is 1.84. The van der Waals surface area contributed by atoms with Crippen LogP contribution in [0.1, 0.15) is 30.0 Å². The standard InChI is InChI=1S/C12H21N5O2/c1-5-17-10(6-9(3)14-17)12(18)16(4)7-8(2)11(13)15-19/h6,8,19H,5,7H2,1-4H3,(H2,13,15). The first-order chi connectivity index (χ1) is 8.90. The lowest BCUT2D eigenvalue weighted by Crippen LogP contribution is -2.37. The Bertz CT molecular complexity index is 480. The Morgan fingerprint density at radius 1 is 1.68 bits per heavy atom. The van der Waals surface area contributed by atoms with Crippen molar-refractivity contribution in [3.63, 3.8) is 0 Å². The molecule has 3 N–H and O–H groups in total. The topological polar surface area (TPSA) is 96.7 Å². The van der Waals surface area contributed by atoms with Crippen LogP contribution in [0.15, 0.2) is 11.2 Å². The van der Waals surface area contributed by atoms with Crippen LogP contribution in [0.2, 0.25) is 0 Å². The van der Waals surface area contributed by atoms with Crippen LogP contribution in [0.25, 0.3) is 0 Å². The number of amides is 1. The van der Waals surface area contributed by atoms with Gasteiger partial charge in [-0.05, 0) is 19.9 Å². The van der Waals surface area contributed by atoms with E-state index in [9.17, 15) is 4.79 Å². The first-order valence-electron chi connectivity index (χ1n) is 6.18. The SMILES string of the molecule is CCn1nc(C)cc1C(=O)N(C)CC(C)C(N)=NO. The second kappa shape index (κ2) is 6.21. The van der Waals surface area contributed by atoms with Gasteiger partial charge >= 0.3 is 0 Å². The second-order valence-electron chi connectivity index (χ2n) is 4.60. The molecule has 1 atom stereocenters. The monoisotopic (exact) mass is 267 g/mol. The van der Waals surface area contributed by atoms with Crippen LogP contribution in [-0.2, 0) is 6.54 Å². The molecule has 1 amide bonds. The number of aryl methyl sites for hydroxylation is 2. The predicted octanol–water partition coefficient (Wildman–Crippen LogP) is 0.666. The maximum absolute atomic E-state index is 12.3. The van der Waals surface area contributed by atoms with E-state index in [2.05, 4.69) is 10.3 Å². The van der Waals surface area contributed by atoms with Gasteiger partial charge in [-0.3, -0.25) is 9.48 Å². The van der Waals surface area contributed by atoms with Crippen molar-refractivity contribution in [3.05, 3.63) is 17.5 Å². The highest BCUT2D eigenvalue weighted by Gasteiger charge is 2.20. The molecule has 1 unspecified atom stereocenters. The lowest BCUT2D eigenvalue weighted by molar-refractivity contribution is 0.0773. The molecule has 0 saturated heterocycles. The van der Waals surface area contributed by atoms with Gasteiger partial charge in [-0.1, -0.05) is 12.1 Å². The number of hydrogen-bond donors (Lipinski definition) is 2. The Morgan fingerprint density at radius 3 is 2.84 bits per heavy atom. The number of oxime groups is 1. The van der Waals surface area contributed by atoms with Crippen LogP contribution < -0.4 is 5.73 Å². The lowest BCUT2D eigenvalue weighted by Gasteiger charge is -2.21. The maximum Gasteiger partial charge on any atom is 0.271 e. The van der Waals surface area contributed by atoms with Crippen molar-refractivity contribution in [2.45, 2.75) is 27.3 Å². The minimum Gasteiger partial charge on any atom is -0.409 e. The third-order valence-electron chi connectivity index (χ3n) is 2.94. The highest BCUT2D eigenvalue weighted by Crippen LogP contribution is 2.09. The molecule has 0 bridgehead atoms. The van der Waals surface area contributed by atoms with E-state index in [-0.39, 0.29) is 17.7 Å². The molecule has 19 heavy (non-hydrogen) atoms. The fraction of sp³-hybridized carbons (Fsp3) is 0.583. The molecule has 0 aliphatic heterocycles. The molecule has 0 aromatic carbocycles. The summed E-state index contributed by atoms with van der Waals surface area (Å²) in [6, 6.07) is 1.76. The number of carbonyl (C=O) groups is 1. The normalized spacial score (nSPS) is 13.4. The molecule has 7 heteroatoms. The van der Waals surface area contributed by atoms with Gasteiger partial charge < -0.3 is 15.8 Å². The summed E-state index contributed by atoms with van der Waals surface area (Å²) in [4.78, 5) is 13.9. The molecule has 1 aromatic heterocycles. The summed E-state index contributed by atoms with van der Waals surface area (Å²) in [5, 5.41) is 15.8. The summed E-state index contributed by atoms with van der Waals surface area (Å²) in [6.07, 6.45) is 0. The number of amidine groups is 1. The molecule has 7 nitrogen and oxygen atoms in total. The lowest BCUT2D eigenvalue weighted by atomic mass is 10.1. The van der Waals surface area contributed by atoms with E-state index >= 15 is 0 Å². The van der Waals surface area contributed by atoms with Gasteiger partial charge in [0.1, 0.15) is 11.5 Å². The minimum absolute atomic E-state index is 0.111. The average Bonchev–Trinajstić information content (AvgIpc) is 2.77. The maximum atomic E-state index is 12.3. The van der Waals surface area contributed by atoms with Crippen LogP contribution in [-0.4, -0.2) is 45.2 Å². The van der Waals surface area contributed by atoms with Crippen molar-refractivity contribution in [1.29, 1.82) is 0 Å². The van der Waals surface area contributed by atoms with E-state index in [4.69, 9.17) is 10.9 Å². The van der Waals surface area contributed by atoms with Gasteiger partial charge in [0.2, 0.25) is 0 Å². The Balaban J connectivity index is 2.82. The second-order valence-corrected chi connectivity index (χ2v) is 4.60. The van der Waals surface area contributed by atoms with Crippen molar-refractivity contribution in [1.82, 2.24) is 14.7 Å². The molecule has 0 spiro atoms. The highest BCUT2D eigenvalue weighted by molar-refractivity contribution is 5.93. The molecule has 0 fully saturated rings. The summed E-state index contributed by atoms with van der Waals surface area (Å²) >= 11 is 0. The fourth-order valence-corrected chi connectivity index (χ4v) is 1.84. The number of carbonyl (C=O) groups excluding carboxylic acids is 1. The highest BCUT2D eigenvalue weighted by atomic mass is 16.4. The Morgan fingerprint density at radius 2 is 2.32 bits per heavy atom. The van der Waals surface area contributed by atoms with Crippen LogP contribution >= 0.6 is 0 Å². The van der Waals surface area contributed by atoms with Crippen LogP contribution in [0.5, 0.6) is 0 Å². The molecule has 1 rings (SSSR count). The number of nitrogens with two attached hydrogens (primary N) is 1. The summed E-state index contributed by atoms with van der Waals surface area (Å²) < 4.78 is 1.67. The quantitative estimate of drug-likeness (QED) is 0.354. The van der Waals surface area contributed by atoms with E-state index in [1.807, 2.05) is 13.8 Å². The van der Waals surface area contributed by atoms with E-state index in [1.54, 1.807) is 29.6 Å². The number of aromatic nitrogens is 2. The molecule has 106 valence electrons. The Hall–Kier alpha value is -2.05. The number of hydrogen-bond acceptors (Lipinski definition) is 4. The van der Waals surface area contributed by atoms with Gasteiger partial charge in [0.25, 0.3) is 5.91 Å². The average molecular weight is 267 g/mol. The molecule has 0 saturated carbocycles. The van der Waals surface area contributed by atoms with Gasteiger partial charge in [-0.15, -0.1) is 0 Å². The molecule has 0 aliphatic rings. The molecular formula is C12H21N5O2. The first kappa shape index (κ1) is 15.0. The van der Waals surface area contributed by atoms with Crippen LogP contribution in [0.3, 0.4) is 0 Å². The summed E-state index contributed by atoms with van der Waals surface area (Å²) in [5.74, 6) is -0.224. The van der Waals surface area contributed by atoms with Gasteiger partial charge in [0.05, 0.1) is 5.69 Å². The van der Waals surface area contributed by atoms with Gasteiger partial charge in [0.15, 0.2) is 0 Å². The Labute approximate surface area is 112 Å². The van der Waals surface area contributed by atoms with E-state index in [0.29, 0.717) is 18.8 Å². The third kappa shape index (κ3) is 3.46. The zero-order valence-electron chi connectivity index (χ0n) is 11.8. The van der Waals surface area contributed by atoms with Crippen molar-refractivity contribution < 1.29 is 10.0 Å². The zero-order chi connectivity index (χ0) is 14.6. The van der Waals surface area contributed by atoms with Gasteiger partial charge in [-0.25, -0.2) is 0 Å². The molecular weight excluding hydrogens is 246 g/mol. The third-order valence-corrected chi connectivity index (χ3v) is 2.94. The van der Waals surface area contributed by atoms with Crippen LogP contribution in [0, 0.1) is 12.8 Å². The van der Waals surface area contributed by atoms with E-state index < -0.39 is 0 Å². The number of rotatable bonds is 5. The van der Waals surface area contributed by atoms with E-state index in [1.165, 1.54) is 0 Å². The minimum atomic E-state index is -0.210. The molecule has 0 aliphatic carbocycles. The zero-order valence-corrected chi connectivity index (χ0v) is 11.8. The van der Waals surface area contributed by atoms with Crippen molar-refractivity contribution >= 4 is 11.7 Å². The van der Waals surface area contributed by atoms with Crippen LogP contribution in [0.4, 0.5) is 0 Å². The number of nitrogens with zero attached hydrogens (tertiary/aromatic N) is 4. The predicted molar refractivity (Wildman–Crippen MR) is 72.2 cm³/mol. The van der Waals surface area contributed by atoms with E-state index in [0.717, 1.165) is 5.69 Å². The molecule has 1 heterocycles. The van der Waals surface area contributed by atoms with Crippen molar-refractivity contribution in [2.24, 2.45) is 16.8 Å². The first-order valence-corrected chi connectivity index (χ1v) is 6.18. The summed E-state index contributed by atoms with van der Waals surface area (Å²) in [5.41, 5.74) is 6.87. The largest absolute Gasteiger partial charge is 0.409 e. The smallest absolute Gasteiger partial charge is 0.271 e.